The van der Waals surface area contributed by atoms with Crippen LogP contribution in [0, 0.1) is 10.1 Å². The third-order valence-corrected chi connectivity index (χ3v) is 3.97. The Kier molecular flexibility index (Phi) is 5.75. The van der Waals surface area contributed by atoms with Crippen molar-refractivity contribution >= 4 is 35.2 Å². The zero-order valence-electron chi connectivity index (χ0n) is 14.3. The fourth-order valence-electron chi connectivity index (χ4n) is 2.37. The zero-order valence-corrected chi connectivity index (χ0v) is 15.1. The molecule has 2 aromatic carbocycles. The second-order valence-electron chi connectivity index (χ2n) is 5.61. The van der Waals surface area contributed by atoms with Gasteiger partial charge in [-0.05, 0) is 35.9 Å². The second-order valence-corrected chi connectivity index (χ2v) is 6.01. The summed E-state index contributed by atoms with van der Waals surface area (Å²) in [4.78, 5) is 33.9. The molecule has 0 saturated carbocycles. The number of hydrogen-bond donors (Lipinski definition) is 2. The van der Waals surface area contributed by atoms with E-state index >= 15 is 0 Å². The number of amides is 2. The third-order valence-electron chi connectivity index (χ3n) is 3.69. The lowest BCUT2D eigenvalue weighted by Gasteiger charge is -2.19. The van der Waals surface area contributed by atoms with Gasteiger partial charge in [-0.2, -0.15) is 0 Å². The minimum absolute atomic E-state index is 0.137. The van der Waals surface area contributed by atoms with E-state index in [0.717, 1.165) is 0 Å². The monoisotopic (exact) mass is 403 g/mol. The molecule has 0 radical (unpaired) electrons. The van der Waals surface area contributed by atoms with Crippen molar-refractivity contribution in [2.45, 2.75) is 0 Å². The SMILES string of the molecule is O=C(/C=C/c1cc(Cl)c2c(c1)OCCO2)NNC(=O)c1ccc([N+](=O)[O-])cc1. The summed E-state index contributed by atoms with van der Waals surface area (Å²) in [6, 6.07) is 8.26. The van der Waals surface area contributed by atoms with Crippen LogP contribution in [-0.2, 0) is 4.79 Å². The average molecular weight is 404 g/mol. The van der Waals surface area contributed by atoms with Crippen LogP contribution in [0.25, 0.3) is 6.08 Å². The van der Waals surface area contributed by atoms with Gasteiger partial charge in [-0.15, -0.1) is 0 Å². The Morgan fingerprint density at radius 2 is 1.82 bits per heavy atom. The Bertz CT molecular complexity index is 959. The smallest absolute Gasteiger partial charge is 0.269 e. The van der Waals surface area contributed by atoms with Crippen LogP contribution >= 0.6 is 11.6 Å². The number of fused-ring (bicyclic) bond motifs is 1. The molecule has 2 aromatic rings. The van der Waals surface area contributed by atoms with E-state index in [-0.39, 0.29) is 11.3 Å². The van der Waals surface area contributed by atoms with Gasteiger partial charge in [-0.3, -0.25) is 30.6 Å². The first kappa shape index (κ1) is 19.2. The number of rotatable bonds is 4. The number of halogens is 1. The Labute approximate surface area is 164 Å². The summed E-state index contributed by atoms with van der Waals surface area (Å²) in [6.45, 7) is 0.824. The number of nitrogens with zero attached hydrogens (tertiary/aromatic N) is 1. The number of nitro benzene ring substituents is 1. The molecule has 2 N–H and O–H groups in total. The number of hydrazine groups is 1. The Morgan fingerprint density at radius 1 is 1.11 bits per heavy atom. The van der Waals surface area contributed by atoms with Crippen molar-refractivity contribution in [3.8, 4) is 11.5 Å². The summed E-state index contributed by atoms with van der Waals surface area (Å²) < 4.78 is 10.9. The molecule has 28 heavy (non-hydrogen) atoms. The summed E-state index contributed by atoms with van der Waals surface area (Å²) in [5.41, 5.74) is 5.07. The highest BCUT2D eigenvalue weighted by molar-refractivity contribution is 6.32. The first-order chi connectivity index (χ1) is 13.4. The van der Waals surface area contributed by atoms with Crippen molar-refractivity contribution in [3.63, 3.8) is 0 Å². The van der Waals surface area contributed by atoms with E-state index in [1.165, 1.54) is 36.4 Å². The minimum atomic E-state index is -0.612. The fraction of sp³-hybridized carbons (Fsp3) is 0.111. The van der Waals surface area contributed by atoms with Crippen molar-refractivity contribution in [3.05, 3.63) is 68.7 Å². The van der Waals surface area contributed by atoms with E-state index in [1.54, 1.807) is 12.1 Å². The maximum Gasteiger partial charge on any atom is 0.269 e. The molecule has 1 aliphatic rings. The number of carbonyl (C=O) groups is 2. The van der Waals surface area contributed by atoms with Gasteiger partial charge in [0.15, 0.2) is 11.5 Å². The van der Waals surface area contributed by atoms with E-state index in [1.807, 2.05) is 0 Å². The molecular weight excluding hydrogens is 390 g/mol. The van der Waals surface area contributed by atoms with Gasteiger partial charge in [-0.25, -0.2) is 0 Å². The van der Waals surface area contributed by atoms with Crippen molar-refractivity contribution < 1.29 is 24.0 Å². The molecule has 0 spiro atoms. The molecule has 3 rings (SSSR count). The average Bonchev–Trinajstić information content (AvgIpc) is 2.70. The van der Waals surface area contributed by atoms with Crippen molar-refractivity contribution in [1.29, 1.82) is 0 Å². The van der Waals surface area contributed by atoms with E-state index in [0.29, 0.717) is 35.3 Å². The third kappa shape index (κ3) is 4.57. The Hall–Kier alpha value is -3.59. The summed E-state index contributed by atoms with van der Waals surface area (Å²) in [7, 11) is 0. The molecule has 0 aliphatic carbocycles. The zero-order chi connectivity index (χ0) is 20.1. The highest BCUT2D eigenvalue weighted by Crippen LogP contribution is 2.38. The van der Waals surface area contributed by atoms with Crippen LogP contribution in [0.2, 0.25) is 5.02 Å². The van der Waals surface area contributed by atoms with Crippen molar-refractivity contribution in [2.75, 3.05) is 13.2 Å². The van der Waals surface area contributed by atoms with Crippen LogP contribution in [0.3, 0.4) is 0 Å². The normalized spacial score (nSPS) is 12.5. The highest BCUT2D eigenvalue weighted by atomic mass is 35.5. The topological polar surface area (TPSA) is 120 Å². The number of carbonyl (C=O) groups excluding carboxylic acids is 2. The molecule has 0 aromatic heterocycles. The number of hydrogen-bond acceptors (Lipinski definition) is 6. The van der Waals surface area contributed by atoms with Crippen LogP contribution in [0.5, 0.6) is 11.5 Å². The lowest BCUT2D eigenvalue weighted by atomic mass is 10.1. The number of ether oxygens (including phenoxy) is 2. The van der Waals surface area contributed by atoms with Gasteiger partial charge in [-0.1, -0.05) is 11.6 Å². The predicted octanol–water partition coefficient (Wildman–Crippen LogP) is 2.49. The molecule has 0 unspecified atom stereocenters. The van der Waals surface area contributed by atoms with Crippen LogP contribution in [0.4, 0.5) is 5.69 Å². The second kappa shape index (κ2) is 8.40. The van der Waals surface area contributed by atoms with Crippen molar-refractivity contribution in [1.82, 2.24) is 10.9 Å². The van der Waals surface area contributed by atoms with Gasteiger partial charge in [0.25, 0.3) is 17.5 Å². The molecule has 2 amide bonds. The van der Waals surface area contributed by atoms with E-state index in [4.69, 9.17) is 21.1 Å². The summed E-state index contributed by atoms with van der Waals surface area (Å²) in [5, 5.41) is 11.0. The maximum atomic E-state index is 11.9. The highest BCUT2D eigenvalue weighted by Gasteiger charge is 2.16. The van der Waals surface area contributed by atoms with Crippen LogP contribution in [-0.4, -0.2) is 30.0 Å². The lowest BCUT2D eigenvalue weighted by Crippen LogP contribution is -2.40. The minimum Gasteiger partial charge on any atom is -0.486 e. The molecule has 1 aliphatic heterocycles. The lowest BCUT2D eigenvalue weighted by molar-refractivity contribution is -0.384. The van der Waals surface area contributed by atoms with Crippen LogP contribution < -0.4 is 20.3 Å². The Morgan fingerprint density at radius 3 is 2.54 bits per heavy atom. The van der Waals surface area contributed by atoms with Gasteiger partial charge in [0.05, 0.1) is 9.95 Å². The molecule has 0 saturated heterocycles. The van der Waals surface area contributed by atoms with Crippen LogP contribution in [0.15, 0.2) is 42.5 Å². The summed E-state index contributed by atoms with van der Waals surface area (Å²) in [6.07, 6.45) is 2.70. The number of non-ortho nitro benzene ring substituents is 1. The summed E-state index contributed by atoms with van der Waals surface area (Å²) >= 11 is 6.13. The molecule has 0 atom stereocenters. The molecule has 0 bridgehead atoms. The van der Waals surface area contributed by atoms with Gasteiger partial charge in [0.2, 0.25) is 0 Å². The standard InChI is InChI=1S/C18H14ClN3O6/c19-14-9-11(10-15-17(14)28-8-7-27-15)1-6-16(23)20-21-18(24)12-2-4-13(5-3-12)22(25)26/h1-6,9-10H,7-8H2,(H,20,23)(H,21,24)/b6-1+. The van der Waals surface area contributed by atoms with Crippen LogP contribution in [0.1, 0.15) is 15.9 Å². The van der Waals surface area contributed by atoms with E-state index in [9.17, 15) is 19.7 Å². The fourth-order valence-corrected chi connectivity index (χ4v) is 2.64. The quantitative estimate of drug-likeness (QED) is 0.459. The van der Waals surface area contributed by atoms with Gasteiger partial charge in [0.1, 0.15) is 13.2 Å². The molecule has 10 heteroatoms. The molecule has 144 valence electrons. The van der Waals surface area contributed by atoms with Gasteiger partial charge >= 0.3 is 0 Å². The Balaban J connectivity index is 1.57. The number of benzene rings is 2. The van der Waals surface area contributed by atoms with Gasteiger partial charge in [0, 0.05) is 23.8 Å². The van der Waals surface area contributed by atoms with Gasteiger partial charge < -0.3 is 9.47 Å². The van der Waals surface area contributed by atoms with Crippen molar-refractivity contribution in [2.24, 2.45) is 0 Å². The predicted molar refractivity (Wildman–Crippen MR) is 100 cm³/mol. The number of nitro groups is 1. The molecule has 9 nitrogen and oxygen atoms in total. The summed E-state index contributed by atoms with van der Waals surface area (Å²) in [5.74, 6) is -0.240. The number of nitrogens with one attached hydrogen (secondary N) is 2. The first-order valence-electron chi connectivity index (χ1n) is 8.06. The van der Waals surface area contributed by atoms with E-state index in [2.05, 4.69) is 10.9 Å². The largest absolute Gasteiger partial charge is 0.486 e. The molecule has 1 heterocycles. The maximum absolute atomic E-state index is 11.9. The molecular formula is C18H14ClN3O6. The molecule has 0 fully saturated rings. The van der Waals surface area contributed by atoms with E-state index < -0.39 is 16.7 Å². The first-order valence-corrected chi connectivity index (χ1v) is 8.44.